The van der Waals surface area contributed by atoms with Gasteiger partial charge in [0, 0.05) is 12.8 Å². The first-order chi connectivity index (χ1) is 3.77. The van der Waals surface area contributed by atoms with E-state index < -0.39 is 0 Å². The molecule has 0 atom stereocenters. The summed E-state index contributed by atoms with van der Waals surface area (Å²) in [5.74, 6) is 0. The van der Waals surface area contributed by atoms with Crippen LogP contribution in [0.2, 0.25) is 0 Å². The average molecular weight is 109 g/mol. The number of rotatable bonds is 2. The molecule has 0 amide bonds. The van der Waals surface area contributed by atoms with E-state index >= 15 is 0 Å². The van der Waals surface area contributed by atoms with Crippen molar-refractivity contribution < 1.29 is 0 Å². The Kier molecular flexibility index (Phi) is 1.01. The van der Waals surface area contributed by atoms with Gasteiger partial charge in [0.05, 0.1) is 6.07 Å². The van der Waals surface area contributed by atoms with Gasteiger partial charge in [0.15, 0.2) is 5.66 Å². The lowest BCUT2D eigenvalue weighted by atomic mass is 10.1. The molecule has 0 N–H and O–H groups in total. The summed E-state index contributed by atoms with van der Waals surface area (Å²) in [7, 11) is 0. The molecule has 8 heavy (non-hydrogen) atoms. The summed E-state index contributed by atoms with van der Waals surface area (Å²) in [6, 6.07) is 2.04. The molecule has 42 valence electrons. The summed E-state index contributed by atoms with van der Waals surface area (Å²) in [5.41, 5.74) is -0.171. The zero-order chi connectivity index (χ0) is 6.04. The largest absolute Gasteiger partial charge is 0.198 e. The SMILES string of the molecule is CC1(CCC#N)N=N1. The molecule has 0 unspecified atom stereocenters. The predicted octanol–water partition coefficient (Wildman–Crippen LogP) is 1.47. The number of hydrogen-bond acceptors (Lipinski definition) is 3. The molecule has 1 heterocycles. The van der Waals surface area contributed by atoms with Gasteiger partial charge in [-0.3, -0.25) is 0 Å². The first-order valence-electron chi connectivity index (χ1n) is 2.58. The van der Waals surface area contributed by atoms with Crippen molar-refractivity contribution in [1.82, 2.24) is 0 Å². The van der Waals surface area contributed by atoms with Gasteiger partial charge in [-0.05, 0) is 6.92 Å². The standard InChI is InChI=1S/C5H7N3/c1-5(7-8-5)3-2-4-6/h2-3H2,1H3. The Balaban J connectivity index is 2.14. The van der Waals surface area contributed by atoms with Gasteiger partial charge in [-0.1, -0.05) is 0 Å². The Morgan fingerprint density at radius 3 is 2.62 bits per heavy atom. The maximum Gasteiger partial charge on any atom is 0.189 e. The van der Waals surface area contributed by atoms with Crippen LogP contribution in [0, 0.1) is 11.3 Å². The molecule has 0 bridgehead atoms. The van der Waals surface area contributed by atoms with Crippen molar-refractivity contribution in [2.45, 2.75) is 25.4 Å². The van der Waals surface area contributed by atoms with E-state index in [-0.39, 0.29) is 5.66 Å². The summed E-state index contributed by atoms with van der Waals surface area (Å²) in [6.45, 7) is 1.92. The molecule has 0 saturated heterocycles. The predicted molar refractivity (Wildman–Crippen MR) is 28.1 cm³/mol. The van der Waals surface area contributed by atoms with E-state index in [1.165, 1.54) is 0 Å². The molecule has 1 aliphatic heterocycles. The van der Waals surface area contributed by atoms with Crippen LogP contribution in [0.1, 0.15) is 19.8 Å². The molecular weight excluding hydrogens is 102 g/mol. The third-order valence-electron chi connectivity index (χ3n) is 1.15. The monoisotopic (exact) mass is 109 g/mol. The van der Waals surface area contributed by atoms with Crippen LogP contribution in [0.25, 0.3) is 0 Å². The number of nitrogens with zero attached hydrogens (tertiary/aromatic N) is 3. The van der Waals surface area contributed by atoms with Gasteiger partial charge < -0.3 is 0 Å². The molecule has 0 spiro atoms. The maximum atomic E-state index is 8.12. The third kappa shape index (κ3) is 1.03. The minimum Gasteiger partial charge on any atom is -0.198 e. The summed E-state index contributed by atoms with van der Waals surface area (Å²) in [4.78, 5) is 0. The highest BCUT2D eigenvalue weighted by Crippen LogP contribution is 2.31. The van der Waals surface area contributed by atoms with Crippen LogP contribution in [0.4, 0.5) is 0 Å². The highest BCUT2D eigenvalue weighted by atomic mass is 15.4. The number of nitriles is 1. The lowest BCUT2D eigenvalue weighted by molar-refractivity contribution is 0.612. The molecular formula is C5H7N3. The zero-order valence-electron chi connectivity index (χ0n) is 4.76. The zero-order valence-corrected chi connectivity index (χ0v) is 4.76. The number of hydrogen-bond donors (Lipinski definition) is 0. The average Bonchev–Trinajstić information content (AvgIpc) is 2.45. The van der Waals surface area contributed by atoms with Gasteiger partial charge in [0.1, 0.15) is 0 Å². The second-order valence-electron chi connectivity index (χ2n) is 2.08. The maximum absolute atomic E-state index is 8.12. The fourth-order valence-electron chi connectivity index (χ4n) is 0.478. The lowest BCUT2D eigenvalue weighted by Crippen LogP contribution is -2.01. The molecule has 0 radical (unpaired) electrons. The van der Waals surface area contributed by atoms with Gasteiger partial charge in [0.25, 0.3) is 0 Å². The fourth-order valence-corrected chi connectivity index (χ4v) is 0.478. The molecule has 0 aromatic heterocycles. The van der Waals surface area contributed by atoms with Crippen LogP contribution in [-0.2, 0) is 0 Å². The molecule has 0 aromatic carbocycles. The van der Waals surface area contributed by atoms with Crippen LogP contribution in [0.15, 0.2) is 10.2 Å². The van der Waals surface area contributed by atoms with Crippen molar-refractivity contribution in [2.75, 3.05) is 0 Å². The molecule has 1 aliphatic rings. The lowest BCUT2D eigenvalue weighted by Gasteiger charge is -1.94. The molecule has 0 aromatic rings. The van der Waals surface area contributed by atoms with E-state index in [0.717, 1.165) is 6.42 Å². The third-order valence-corrected chi connectivity index (χ3v) is 1.15. The molecule has 0 fully saturated rings. The smallest absolute Gasteiger partial charge is 0.189 e. The Labute approximate surface area is 48.0 Å². The molecule has 3 heteroatoms. The van der Waals surface area contributed by atoms with Gasteiger partial charge in [-0.25, -0.2) is 0 Å². The van der Waals surface area contributed by atoms with E-state index in [2.05, 4.69) is 10.2 Å². The molecule has 1 rings (SSSR count). The fraction of sp³-hybridized carbons (Fsp3) is 0.800. The molecule has 0 aliphatic carbocycles. The molecule has 3 nitrogen and oxygen atoms in total. The van der Waals surface area contributed by atoms with Crippen molar-refractivity contribution in [3.63, 3.8) is 0 Å². The Morgan fingerprint density at radius 1 is 1.62 bits per heavy atom. The van der Waals surface area contributed by atoms with Gasteiger partial charge in [-0.15, -0.1) is 0 Å². The normalized spacial score (nSPS) is 20.0. The first-order valence-corrected chi connectivity index (χ1v) is 2.58. The Bertz CT molecular complexity index is 148. The van der Waals surface area contributed by atoms with E-state index in [1.807, 2.05) is 13.0 Å². The highest BCUT2D eigenvalue weighted by Gasteiger charge is 2.32. The Hall–Kier alpha value is -0.910. The van der Waals surface area contributed by atoms with Crippen molar-refractivity contribution in [3.05, 3.63) is 0 Å². The van der Waals surface area contributed by atoms with E-state index in [9.17, 15) is 0 Å². The van der Waals surface area contributed by atoms with Crippen LogP contribution in [0.3, 0.4) is 0 Å². The quantitative estimate of drug-likeness (QED) is 0.529. The van der Waals surface area contributed by atoms with Gasteiger partial charge in [0.2, 0.25) is 0 Å². The van der Waals surface area contributed by atoms with Crippen molar-refractivity contribution in [2.24, 2.45) is 10.2 Å². The van der Waals surface area contributed by atoms with E-state index in [1.54, 1.807) is 0 Å². The second kappa shape index (κ2) is 1.55. The van der Waals surface area contributed by atoms with Gasteiger partial charge in [-0.2, -0.15) is 15.5 Å². The highest BCUT2D eigenvalue weighted by molar-refractivity contribution is 4.90. The van der Waals surface area contributed by atoms with Crippen LogP contribution in [-0.4, -0.2) is 5.66 Å². The first kappa shape index (κ1) is 5.23. The van der Waals surface area contributed by atoms with Crippen LogP contribution in [0.5, 0.6) is 0 Å². The van der Waals surface area contributed by atoms with Crippen molar-refractivity contribution in [1.29, 1.82) is 5.26 Å². The van der Waals surface area contributed by atoms with E-state index in [4.69, 9.17) is 5.26 Å². The summed E-state index contributed by atoms with van der Waals surface area (Å²) in [5, 5.41) is 15.6. The van der Waals surface area contributed by atoms with E-state index in [0.29, 0.717) is 6.42 Å². The minimum atomic E-state index is -0.171. The van der Waals surface area contributed by atoms with Crippen molar-refractivity contribution in [3.8, 4) is 6.07 Å². The van der Waals surface area contributed by atoms with Gasteiger partial charge >= 0.3 is 0 Å². The Morgan fingerprint density at radius 2 is 2.25 bits per heavy atom. The second-order valence-corrected chi connectivity index (χ2v) is 2.08. The van der Waals surface area contributed by atoms with Crippen LogP contribution < -0.4 is 0 Å². The summed E-state index contributed by atoms with van der Waals surface area (Å²) in [6.07, 6.45) is 1.34. The summed E-state index contributed by atoms with van der Waals surface area (Å²) >= 11 is 0. The van der Waals surface area contributed by atoms with Crippen molar-refractivity contribution >= 4 is 0 Å². The molecule has 0 saturated carbocycles. The topological polar surface area (TPSA) is 48.5 Å². The minimum absolute atomic E-state index is 0.171. The van der Waals surface area contributed by atoms with Crippen LogP contribution >= 0.6 is 0 Å². The summed E-state index contributed by atoms with van der Waals surface area (Å²) < 4.78 is 0.